The van der Waals surface area contributed by atoms with Crippen LogP contribution in [0.15, 0.2) is 29.1 Å². The van der Waals surface area contributed by atoms with E-state index in [2.05, 4.69) is 36.2 Å². The smallest absolute Gasteiger partial charge is 0.253 e. The van der Waals surface area contributed by atoms with Crippen molar-refractivity contribution in [2.24, 2.45) is 5.41 Å². The fourth-order valence-corrected chi connectivity index (χ4v) is 7.30. The van der Waals surface area contributed by atoms with Gasteiger partial charge in [0, 0.05) is 23.0 Å². The summed E-state index contributed by atoms with van der Waals surface area (Å²) < 4.78 is 7.83. The maximum atomic E-state index is 13.7. The number of rotatable bonds is 6. The minimum atomic E-state index is -0.264. The van der Waals surface area contributed by atoms with E-state index in [4.69, 9.17) is 4.74 Å². The van der Waals surface area contributed by atoms with Gasteiger partial charge in [-0.3, -0.25) is 9.69 Å². The minimum absolute atomic E-state index is 0.0527. The van der Waals surface area contributed by atoms with Crippen LogP contribution in [0.2, 0.25) is 0 Å². The van der Waals surface area contributed by atoms with Crippen molar-refractivity contribution in [2.45, 2.75) is 96.1 Å². The summed E-state index contributed by atoms with van der Waals surface area (Å²) in [5, 5.41) is 14.3. The summed E-state index contributed by atoms with van der Waals surface area (Å²) in [6.07, 6.45) is 14.9. The Labute approximate surface area is 218 Å². The second-order valence-electron chi connectivity index (χ2n) is 11.5. The number of piperidine rings is 1. The zero-order chi connectivity index (χ0) is 25.2. The number of hydrogen-bond donors (Lipinski definition) is 1. The standard InChI is InChI=1S/C29H40N6O2/c1-2-37-23-12-13-25-21(18-23)19-24(28(36)30-25)26(27-31-32-33-35(27)22-10-5-3-6-11-22)34-17-9-16-29(20-34)14-7-4-8-15-29/h12-13,18-19,22,26H,2-11,14-17,20H2,1H3,(H,30,36)/t26-/m0/s1. The normalized spacial score (nSPS) is 21.9. The van der Waals surface area contributed by atoms with Crippen LogP contribution < -0.4 is 10.3 Å². The molecule has 3 aromatic rings. The van der Waals surface area contributed by atoms with Gasteiger partial charge in [0.2, 0.25) is 0 Å². The molecule has 0 amide bonds. The molecule has 1 spiro atoms. The van der Waals surface area contributed by atoms with Gasteiger partial charge in [0.05, 0.1) is 12.6 Å². The Morgan fingerprint density at radius 3 is 2.65 bits per heavy atom. The number of ether oxygens (including phenoxy) is 1. The molecule has 8 heteroatoms. The van der Waals surface area contributed by atoms with Gasteiger partial charge < -0.3 is 9.72 Å². The summed E-state index contributed by atoms with van der Waals surface area (Å²) >= 11 is 0. The summed E-state index contributed by atoms with van der Waals surface area (Å²) in [5.74, 6) is 1.64. The third kappa shape index (κ3) is 4.92. The summed E-state index contributed by atoms with van der Waals surface area (Å²) in [7, 11) is 0. The number of benzene rings is 1. The van der Waals surface area contributed by atoms with Crippen molar-refractivity contribution in [3.05, 3.63) is 46.0 Å². The van der Waals surface area contributed by atoms with Gasteiger partial charge in [0.15, 0.2) is 5.82 Å². The first-order valence-corrected chi connectivity index (χ1v) is 14.5. The lowest BCUT2D eigenvalue weighted by Crippen LogP contribution is -2.47. The summed E-state index contributed by atoms with van der Waals surface area (Å²) in [5.41, 5.74) is 1.86. The minimum Gasteiger partial charge on any atom is -0.494 e. The summed E-state index contributed by atoms with van der Waals surface area (Å²) in [4.78, 5) is 19.4. The number of hydrogen-bond acceptors (Lipinski definition) is 6. The first-order chi connectivity index (χ1) is 18.2. The van der Waals surface area contributed by atoms with Crippen LogP contribution in [0.4, 0.5) is 0 Å². The predicted octanol–water partition coefficient (Wildman–Crippen LogP) is 5.55. The molecule has 3 heterocycles. The average Bonchev–Trinajstić information content (AvgIpc) is 3.40. The van der Waals surface area contributed by atoms with Crippen molar-refractivity contribution in [3.63, 3.8) is 0 Å². The average molecular weight is 505 g/mol. The fraction of sp³-hybridized carbons (Fsp3) is 0.655. The number of likely N-dealkylation sites (tertiary alicyclic amines) is 1. The maximum absolute atomic E-state index is 13.7. The number of nitrogens with zero attached hydrogens (tertiary/aromatic N) is 5. The molecule has 1 aromatic carbocycles. The van der Waals surface area contributed by atoms with E-state index in [9.17, 15) is 4.79 Å². The second-order valence-corrected chi connectivity index (χ2v) is 11.5. The molecule has 2 aromatic heterocycles. The van der Waals surface area contributed by atoms with Gasteiger partial charge in [-0.05, 0) is 92.1 Å². The van der Waals surface area contributed by atoms with Gasteiger partial charge in [-0.15, -0.1) is 5.10 Å². The van der Waals surface area contributed by atoms with Crippen LogP contribution in [0, 0.1) is 5.41 Å². The molecule has 198 valence electrons. The number of fused-ring (bicyclic) bond motifs is 1. The topological polar surface area (TPSA) is 88.9 Å². The lowest BCUT2D eigenvalue weighted by Gasteiger charge is -2.47. The SMILES string of the molecule is CCOc1ccc2[nH]c(=O)c([C@@H](c3nnnn3C3CCCCC3)N3CCCC4(CCCCC4)C3)cc2c1. The third-order valence-corrected chi connectivity index (χ3v) is 9.10. The van der Waals surface area contributed by atoms with Gasteiger partial charge in [0.1, 0.15) is 11.8 Å². The van der Waals surface area contributed by atoms with Crippen molar-refractivity contribution in [2.75, 3.05) is 19.7 Å². The molecular formula is C29H40N6O2. The maximum Gasteiger partial charge on any atom is 0.253 e. The van der Waals surface area contributed by atoms with Crippen LogP contribution in [0.1, 0.15) is 107 Å². The zero-order valence-electron chi connectivity index (χ0n) is 22.1. The van der Waals surface area contributed by atoms with E-state index in [1.54, 1.807) is 0 Å². The van der Waals surface area contributed by atoms with E-state index < -0.39 is 0 Å². The predicted molar refractivity (Wildman–Crippen MR) is 144 cm³/mol. The van der Waals surface area contributed by atoms with Crippen molar-refractivity contribution in [3.8, 4) is 5.75 Å². The Hall–Kier alpha value is -2.74. The van der Waals surface area contributed by atoms with Gasteiger partial charge >= 0.3 is 0 Å². The molecule has 1 atom stereocenters. The lowest BCUT2D eigenvalue weighted by molar-refractivity contribution is 0.0332. The third-order valence-electron chi connectivity index (χ3n) is 9.10. The van der Waals surface area contributed by atoms with Gasteiger partial charge in [-0.2, -0.15) is 0 Å². The van der Waals surface area contributed by atoms with Crippen LogP contribution in [0.3, 0.4) is 0 Å². The molecule has 0 unspecified atom stereocenters. The number of nitrogens with one attached hydrogen (secondary N) is 1. The fourth-order valence-electron chi connectivity index (χ4n) is 7.30. The number of tetrazole rings is 1. The quantitative estimate of drug-likeness (QED) is 0.473. The molecule has 1 saturated heterocycles. The van der Waals surface area contributed by atoms with Crippen LogP contribution in [0.5, 0.6) is 5.75 Å². The van der Waals surface area contributed by atoms with E-state index in [-0.39, 0.29) is 11.6 Å². The molecule has 3 fully saturated rings. The van der Waals surface area contributed by atoms with Crippen molar-refractivity contribution in [1.29, 1.82) is 0 Å². The molecule has 2 aliphatic carbocycles. The molecule has 0 bridgehead atoms. The Balaban J connectivity index is 1.45. The molecule has 37 heavy (non-hydrogen) atoms. The van der Waals surface area contributed by atoms with E-state index in [0.717, 1.165) is 60.4 Å². The highest BCUT2D eigenvalue weighted by atomic mass is 16.5. The molecule has 1 N–H and O–H groups in total. The molecule has 2 saturated carbocycles. The summed E-state index contributed by atoms with van der Waals surface area (Å²) in [6, 6.07) is 7.98. The number of H-pyrrole nitrogens is 1. The molecule has 1 aliphatic heterocycles. The van der Waals surface area contributed by atoms with Gasteiger partial charge in [0.25, 0.3) is 5.56 Å². The molecule has 0 radical (unpaired) electrons. The molecule has 6 rings (SSSR count). The van der Waals surface area contributed by atoms with Crippen molar-refractivity contribution >= 4 is 10.9 Å². The lowest BCUT2D eigenvalue weighted by atomic mass is 9.69. The second kappa shape index (κ2) is 10.6. The molecule has 3 aliphatic rings. The van der Waals surface area contributed by atoms with Crippen LogP contribution in [-0.4, -0.2) is 49.8 Å². The van der Waals surface area contributed by atoms with E-state index in [0.29, 0.717) is 18.1 Å². The number of aromatic nitrogens is 5. The van der Waals surface area contributed by atoms with E-state index in [1.165, 1.54) is 57.8 Å². The Bertz CT molecular complexity index is 1270. The first-order valence-electron chi connectivity index (χ1n) is 14.5. The monoisotopic (exact) mass is 504 g/mol. The number of pyridine rings is 1. The Kier molecular flexibility index (Phi) is 7.02. The van der Waals surface area contributed by atoms with Gasteiger partial charge in [-0.25, -0.2) is 4.68 Å². The van der Waals surface area contributed by atoms with E-state index in [1.807, 2.05) is 25.1 Å². The van der Waals surface area contributed by atoms with Crippen LogP contribution in [0.25, 0.3) is 10.9 Å². The largest absolute Gasteiger partial charge is 0.494 e. The van der Waals surface area contributed by atoms with E-state index >= 15 is 0 Å². The van der Waals surface area contributed by atoms with Crippen molar-refractivity contribution in [1.82, 2.24) is 30.1 Å². The zero-order valence-corrected chi connectivity index (χ0v) is 22.1. The molecule has 8 nitrogen and oxygen atoms in total. The Morgan fingerprint density at radius 2 is 1.84 bits per heavy atom. The Morgan fingerprint density at radius 1 is 1.05 bits per heavy atom. The summed E-state index contributed by atoms with van der Waals surface area (Å²) in [6.45, 7) is 4.56. The molecular weight excluding hydrogens is 464 g/mol. The van der Waals surface area contributed by atoms with Gasteiger partial charge in [-0.1, -0.05) is 38.5 Å². The van der Waals surface area contributed by atoms with Crippen LogP contribution in [-0.2, 0) is 0 Å². The highest BCUT2D eigenvalue weighted by molar-refractivity contribution is 5.80. The highest BCUT2D eigenvalue weighted by Gasteiger charge is 2.41. The highest BCUT2D eigenvalue weighted by Crippen LogP contribution is 2.46. The number of aromatic amines is 1. The first kappa shape index (κ1) is 24.6. The van der Waals surface area contributed by atoms with Crippen LogP contribution >= 0.6 is 0 Å². The van der Waals surface area contributed by atoms with Crippen molar-refractivity contribution < 1.29 is 4.74 Å².